The van der Waals surface area contributed by atoms with Crippen LogP contribution in [0.15, 0.2) is 37.2 Å². The predicted octanol–water partition coefficient (Wildman–Crippen LogP) is 1.53. The van der Waals surface area contributed by atoms with Gasteiger partial charge in [-0.05, 0) is 6.92 Å². The van der Waals surface area contributed by atoms with Gasteiger partial charge < -0.3 is 5.32 Å². The van der Waals surface area contributed by atoms with Crippen LogP contribution in [-0.2, 0) is 24.4 Å². The normalized spacial score (nSPS) is 12.1. The van der Waals surface area contributed by atoms with E-state index in [4.69, 9.17) is 0 Å². The molecule has 1 unspecified atom stereocenters. The number of nitro groups is 1. The number of amides is 1. The molecule has 0 saturated carbocycles. The molecule has 1 N–H and O–H groups in total. The third-order valence-corrected chi connectivity index (χ3v) is 4.00. The number of anilines is 1. The molecule has 0 spiro atoms. The Balaban J connectivity index is 1.55. The van der Waals surface area contributed by atoms with Crippen LogP contribution >= 0.6 is 0 Å². The number of hydrogen-bond donors (Lipinski definition) is 1. The minimum absolute atomic E-state index is 0.102. The smallest absolute Gasteiger partial charge is 0.306 e. The minimum atomic E-state index is -0.521. The van der Waals surface area contributed by atoms with Crippen LogP contribution in [-0.4, -0.2) is 40.2 Å². The van der Waals surface area contributed by atoms with Crippen molar-refractivity contribution in [2.75, 3.05) is 5.32 Å². The number of carbonyl (C=O) groups excluding carboxylic acids is 1. The van der Waals surface area contributed by atoms with Crippen molar-refractivity contribution in [3.63, 3.8) is 0 Å². The Morgan fingerprint density at radius 2 is 1.89 bits per heavy atom. The van der Waals surface area contributed by atoms with E-state index in [1.54, 1.807) is 30.2 Å². The molecule has 3 aromatic rings. The van der Waals surface area contributed by atoms with Crippen molar-refractivity contribution in [3.8, 4) is 0 Å². The first kappa shape index (κ1) is 18.3. The average Bonchev–Trinajstić information content (AvgIpc) is 3.36. The van der Waals surface area contributed by atoms with Crippen LogP contribution in [0.5, 0.6) is 0 Å². The van der Waals surface area contributed by atoms with Crippen LogP contribution in [0.1, 0.15) is 19.4 Å². The molecule has 0 bridgehead atoms. The summed E-state index contributed by atoms with van der Waals surface area (Å²) < 4.78 is 4.94. The highest BCUT2D eigenvalue weighted by Gasteiger charge is 2.17. The fourth-order valence-corrected chi connectivity index (χ4v) is 2.54. The van der Waals surface area contributed by atoms with Gasteiger partial charge in [-0.3, -0.25) is 29.0 Å². The number of aryl methyl sites for hydroxylation is 1. The van der Waals surface area contributed by atoms with Crippen LogP contribution in [0.25, 0.3) is 0 Å². The maximum Gasteiger partial charge on any atom is 0.306 e. The largest absolute Gasteiger partial charge is 0.323 e. The molecule has 11 heteroatoms. The Labute approximate surface area is 154 Å². The lowest BCUT2D eigenvalue weighted by Gasteiger charge is -2.10. The van der Waals surface area contributed by atoms with Crippen molar-refractivity contribution in [2.24, 2.45) is 5.92 Å². The van der Waals surface area contributed by atoms with Gasteiger partial charge >= 0.3 is 5.69 Å². The summed E-state index contributed by atoms with van der Waals surface area (Å²) in [5.74, 6) is -0.637. The molecule has 0 aromatic carbocycles. The number of carbonyl (C=O) groups is 1. The molecule has 1 atom stereocenters. The summed E-state index contributed by atoms with van der Waals surface area (Å²) in [5.41, 5.74) is 1.50. The van der Waals surface area contributed by atoms with Gasteiger partial charge in [0.05, 0.1) is 42.0 Å². The van der Waals surface area contributed by atoms with Gasteiger partial charge in [-0.2, -0.15) is 15.3 Å². The van der Waals surface area contributed by atoms with Crippen molar-refractivity contribution >= 4 is 17.3 Å². The maximum absolute atomic E-state index is 12.3. The molecule has 3 rings (SSSR count). The van der Waals surface area contributed by atoms with E-state index >= 15 is 0 Å². The summed E-state index contributed by atoms with van der Waals surface area (Å²) in [6, 6.07) is 0. The van der Waals surface area contributed by atoms with E-state index in [2.05, 4.69) is 20.6 Å². The van der Waals surface area contributed by atoms with Gasteiger partial charge in [0.1, 0.15) is 12.4 Å². The third kappa shape index (κ3) is 4.57. The fourth-order valence-electron chi connectivity index (χ4n) is 2.54. The first-order valence-electron chi connectivity index (χ1n) is 8.46. The molecule has 11 nitrogen and oxygen atoms in total. The summed E-state index contributed by atoms with van der Waals surface area (Å²) in [5, 5.41) is 25.8. The molecule has 27 heavy (non-hydrogen) atoms. The maximum atomic E-state index is 12.3. The number of hydrogen-bond acceptors (Lipinski definition) is 6. The molecule has 0 fully saturated rings. The Kier molecular flexibility index (Phi) is 5.29. The highest BCUT2D eigenvalue weighted by molar-refractivity contribution is 5.91. The van der Waals surface area contributed by atoms with Gasteiger partial charge in [0, 0.05) is 24.5 Å². The number of aromatic nitrogens is 6. The van der Waals surface area contributed by atoms with Gasteiger partial charge in [-0.25, -0.2) is 0 Å². The molecular formula is C16H20N8O3. The monoisotopic (exact) mass is 372 g/mol. The topological polar surface area (TPSA) is 126 Å². The molecule has 0 saturated heterocycles. The van der Waals surface area contributed by atoms with Gasteiger partial charge in [-0.1, -0.05) is 6.92 Å². The van der Waals surface area contributed by atoms with E-state index in [9.17, 15) is 14.9 Å². The van der Waals surface area contributed by atoms with E-state index in [1.165, 1.54) is 10.9 Å². The lowest BCUT2D eigenvalue weighted by molar-refractivity contribution is -0.385. The quantitative estimate of drug-likeness (QED) is 0.472. The van der Waals surface area contributed by atoms with Crippen LogP contribution in [0.4, 0.5) is 11.4 Å². The van der Waals surface area contributed by atoms with Gasteiger partial charge in [-0.15, -0.1) is 0 Å². The lowest BCUT2D eigenvalue weighted by Crippen LogP contribution is -2.24. The first-order chi connectivity index (χ1) is 12.9. The van der Waals surface area contributed by atoms with Gasteiger partial charge in [0.2, 0.25) is 5.91 Å². The standard InChI is InChI=1S/C16H20N8O3/c1-3-21-8-13(4-17-21)9-23-10-14(5-18-23)20-16(25)12(2)7-22-11-15(6-19-22)24(26)27/h4-6,8,10-12H,3,7,9H2,1-2H3,(H,20,25). The molecule has 0 radical (unpaired) electrons. The molecule has 3 aromatic heterocycles. The zero-order valence-corrected chi connectivity index (χ0v) is 15.0. The summed E-state index contributed by atoms with van der Waals surface area (Å²) in [4.78, 5) is 22.5. The highest BCUT2D eigenvalue weighted by atomic mass is 16.6. The Hall–Kier alpha value is -3.50. The van der Waals surface area contributed by atoms with E-state index in [-0.39, 0.29) is 18.1 Å². The van der Waals surface area contributed by atoms with Crippen molar-refractivity contribution in [3.05, 3.63) is 52.9 Å². The van der Waals surface area contributed by atoms with E-state index < -0.39 is 10.8 Å². The van der Waals surface area contributed by atoms with Crippen molar-refractivity contribution in [2.45, 2.75) is 33.5 Å². The van der Waals surface area contributed by atoms with E-state index in [0.717, 1.165) is 18.3 Å². The van der Waals surface area contributed by atoms with Crippen LogP contribution in [0, 0.1) is 16.0 Å². The Morgan fingerprint density at radius 1 is 1.15 bits per heavy atom. The van der Waals surface area contributed by atoms with Crippen molar-refractivity contribution in [1.82, 2.24) is 29.3 Å². The summed E-state index contributed by atoms with van der Waals surface area (Å²) in [6.45, 7) is 5.34. The molecule has 3 heterocycles. The zero-order chi connectivity index (χ0) is 19.4. The number of nitrogens with zero attached hydrogens (tertiary/aromatic N) is 7. The lowest BCUT2D eigenvalue weighted by atomic mass is 10.1. The Morgan fingerprint density at radius 3 is 2.56 bits per heavy atom. The summed E-state index contributed by atoms with van der Waals surface area (Å²) in [6.07, 6.45) is 9.52. The molecule has 0 aliphatic carbocycles. The second-order valence-electron chi connectivity index (χ2n) is 6.20. The van der Waals surface area contributed by atoms with Crippen LogP contribution in [0.3, 0.4) is 0 Å². The third-order valence-electron chi connectivity index (χ3n) is 4.00. The van der Waals surface area contributed by atoms with E-state index in [1.807, 2.05) is 17.8 Å². The van der Waals surface area contributed by atoms with Crippen molar-refractivity contribution < 1.29 is 9.72 Å². The van der Waals surface area contributed by atoms with Crippen molar-refractivity contribution in [1.29, 1.82) is 0 Å². The van der Waals surface area contributed by atoms with Gasteiger partial charge in [0.25, 0.3) is 0 Å². The van der Waals surface area contributed by atoms with Gasteiger partial charge in [0.15, 0.2) is 0 Å². The summed E-state index contributed by atoms with van der Waals surface area (Å²) in [7, 11) is 0. The number of rotatable bonds is 8. The minimum Gasteiger partial charge on any atom is -0.323 e. The van der Waals surface area contributed by atoms with Crippen LogP contribution < -0.4 is 5.32 Å². The Bertz CT molecular complexity index is 941. The fraction of sp³-hybridized carbons (Fsp3) is 0.375. The molecule has 0 aliphatic rings. The van der Waals surface area contributed by atoms with Crippen LogP contribution in [0.2, 0.25) is 0 Å². The predicted molar refractivity (Wildman–Crippen MR) is 95.9 cm³/mol. The molecular weight excluding hydrogens is 352 g/mol. The van der Waals surface area contributed by atoms with E-state index in [0.29, 0.717) is 12.2 Å². The second kappa shape index (κ2) is 7.81. The average molecular weight is 372 g/mol. The molecule has 1 amide bonds. The molecule has 142 valence electrons. The highest BCUT2D eigenvalue weighted by Crippen LogP contribution is 2.13. The second-order valence-corrected chi connectivity index (χ2v) is 6.20. The zero-order valence-electron chi connectivity index (χ0n) is 15.0. The number of nitrogens with one attached hydrogen (secondary N) is 1. The first-order valence-corrected chi connectivity index (χ1v) is 8.46. The SMILES string of the molecule is CCn1cc(Cn2cc(NC(=O)C(C)Cn3cc([N+](=O)[O-])cn3)cn2)cn1. The molecule has 0 aliphatic heterocycles. The summed E-state index contributed by atoms with van der Waals surface area (Å²) >= 11 is 0.